The van der Waals surface area contributed by atoms with Gasteiger partial charge in [0.1, 0.15) is 18.5 Å². The lowest BCUT2D eigenvalue weighted by molar-refractivity contribution is -0.137. The number of carbonyl (C=O) groups is 1. The average Bonchev–Trinajstić information content (AvgIpc) is 3.13. The van der Waals surface area contributed by atoms with E-state index >= 15 is 0 Å². The summed E-state index contributed by atoms with van der Waals surface area (Å²) in [5.74, 6) is 0.396. The van der Waals surface area contributed by atoms with Crippen molar-refractivity contribution in [2.24, 2.45) is 0 Å². The highest BCUT2D eigenvalue weighted by molar-refractivity contribution is 5.76. The summed E-state index contributed by atoms with van der Waals surface area (Å²) in [5.41, 5.74) is -0.767. The molecule has 1 atom stereocenters. The van der Waals surface area contributed by atoms with E-state index in [1.54, 1.807) is 11.0 Å². The SMILES string of the molecule is O=C(CCn1cncn1)NC1CCCN(c2ccc(C(F)(F)F)cn2)C1. The molecule has 1 saturated heterocycles. The molecule has 1 aliphatic rings. The Bertz CT molecular complexity index is 717. The molecule has 2 aromatic rings. The number of hydrogen-bond donors (Lipinski definition) is 1. The molecular weight excluding hydrogens is 349 g/mol. The molecule has 1 fully saturated rings. The number of anilines is 1. The van der Waals surface area contributed by atoms with Gasteiger partial charge < -0.3 is 10.2 Å². The van der Waals surface area contributed by atoms with Crippen LogP contribution >= 0.6 is 0 Å². The van der Waals surface area contributed by atoms with Gasteiger partial charge in [-0.25, -0.2) is 9.97 Å². The summed E-state index contributed by atoms with van der Waals surface area (Å²) < 4.78 is 39.5. The standard InChI is InChI=1S/C16H19F3N6O/c17-16(18,19)12-3-4-14(21-8-12)24-6-1-2-13(9-24)23-15(26)5-7-25-11-20-10-22-25/h3-4,8,10-11,13H,1-2,5-7,9H2,(H,23,26). The van der Waals surface area contributed by atoms with Crippen molar-refractivity contribution in [3.63, 3.8) is 0 Å². The Morgan fingerprint density at radius 3 is 2.85 bits per heavy atom. The largest absolute Gasteiger partial charge is 0.417 e. The van der Waals surface area contributed by atoms with Crippen LogP contribution in [-0.4, -0.2) is 44.8 Å². The highest BCUT2D eigenvalue weighted by Gasteiger charge is 2.31. The van der Waals surface area contributed by atoms with E-state index in [1.807, 2.05) is 4.90 Å². The molecule has 140 valence electrons. The van der Waals surface area contributed by atoms with Crippen molar-refractivity contribution in [1.29, 1.82) is 0 Å². The van der Waals surface area contributed by atoms with Crippen LogP contribution in [0.2, 0.25) is 0 Å². The number of halogens is 3. The zero-order valence-corrected chi connectivity index (χ0v) is 14.0. The van der Waals surface area contributed by atoms with Crippen molar-refractivity contribution in [3.8, 4) is 0 Å². The number of aromatic nitrogens is 4. The third-order valence-electron chi connectivity index (χ3n) is 4.22. The van der Waals surface area contributed by atoms with E-state index in [0.717, 1.165) is 25.1 Å². The van der Waals surface area contributed by atoms with Crippen LogP contribution in [0.4, 0.5) is 19.0 Å². The van der Waals surface area contributed by atoms with Crippen LogP contribution in [0.1, 0.15) is 24.8 Å². The lowest BCUT2D eigenvalue weighted by Crippen LogP contribution is -2.48. The zero-order valence-electron chi connectivity index (χ0n) is 14.0. The van der Waals surface area contributed by atoms with Crippen LogP contribution in [0.5, 0.6) is 0 Å². The maximum Gasteiger partial charge on any atom is 0.417 e. The van der Waals surface area contributed by atoms with Crippen molar-refractivity contribution in [1.82, 2.24) is 25.1 Å². The van der Waals surface area contributed by atoms with Crippen molar-refractivity contribution >= 4 is 11.7 Å². The summed E-state index contributed by atoms with van der Waals surface area (Å²) in [5, 5.41) is 6.91. The smallest absolute Gasteiger partial charge is 0.355 e. The van der Waals surface area contributed by atoms with Crippen molar-refractivity contribution < 1.29 is 18.0 Å². The normalized spacial score (nSPS) is 18.0. The molecular formula is C16H19F3N6O. The number of hydrogen-bond acceptors (Lipinski definition) is 5. The zero-order chi connectivity index (χ0) is 18.6. The second-order valence-electron chi connectivity index (χ2n) is 6.16. The molecule has 0 radical (unpaired) electrons. The van der Waals surface area contributed by atoms with E-state index in [9.17, 15) is 18.0 Å². The second-order valence-corrected chi connectivity index (χ2v) is 6.16. The highest BCUT2D eigenvalue weighted by atomic mass is 19.4. The minimum Gasteiger partial charge on any atom is -0.355 e. The predicted molar refractivity (Wildman–Crippen MR) is 87.3 cm³/mol. The first-order chi connectivity index (χ1) is 12.4. The number of nitrogens with zero attached hydrogens (tertiary/aromatic N) is 5. The summed E-state index contributed by atoms with van der Waals surface area (Å²) in [6.45, 7) is 1.67. The summed E-state index contributed by atoms with van der Waals surface area (Å²) in [6, 6.07) is 2.34. The first-order valence-electron chi connectivity index (χ1n) is 8.32. The first-order valence-corrected chi connectivity index (χ1v) is 8.32. The Hall–Kier alpha value is -2.65. The van der Waals surface area contributed by atoms with Gasteiger partial charge in [-0.1, -0.05) is 0 Å². The highest BCUT2D eigenvalue weighted by Crippen LogP contribution is 2.29. The van der Waals surface area contributed by atoms with Crippen LogP contribution in [0.15, 0.2) is 31.0 Å². The lowest BCUT2D eigenvalue weighted by atomic mass is 10.1. The number of alkyl halides is 3. The topological polar surface area (TPSA) is 75.9 Å². The van der Waals surface area contributed by atoms with Gasteiger partial charge in [0.25, 0.3) is 0 Å². The second kappa shape index (κ2) is 7.71. The first kappa shape index (κ1) is 18.2. The van der Waals surface area contributed by atoms with Crippen LogP contribution in [0.3, 0.4) is 0 Å². The van der Waals surface area contributed by atoms with Crippen molar-refractivity contribution in [2.75, 3.05) is 18.0 Å². The summed E-state index contributed by atoms with van der Waals surface area (Å²) in [6.07, 6.45) is 1.35. The van der Waals surface area contributed by atoms with Crippen LogP contribution < -0.4 is 10.2 Å². The van der Waals surface area contributed by atoms with Crippen LogP contribution in [-0.2, 0) is 17.5 Å². The molecule has 26 heavy (non-hydrogen) atoms. The van der Waals surface area contributed by atoms with E-state index in [0.29, 0.717) is 31.9 Å². The molecule has 10 heteroatoms. The molecule has 2 aromatic heterocycles. The van der Waals surface area contributed by atoms with Gasteiger partial charge >= 0.3 is 6.18 Å². The van der Waals surface area contributed by atoms with E-state index in [-0.39, 0.29) is 11.9 Å². The molecule has 0 aliphatic carbocycles. The van der Waals surface area contributed by atoms with E-state index in [4.69, 9.17) is 0 Å². The van der Waals surface area contributed by atoms with E-state index in [2.05, 4.69) is 20.4 Å². The number of rotatable bonds is 5. The number of pyridine rings is 1. The number of amides is 1. The fourth-order valence-electron chi connectivity index (χ4n) is 2.91. The van der Waals surface area contributed by atoms with Crippen LogP contribution in [0, 0.1) is 0 Å². The summed E-state index contributed by atoms with van der Waals surface area (Å²) in [7, 11) is 0. The van der Waals surface area contributed by atoms with Gasteiger partial charge in [0.05, 0.1) is 12.1 Å². The fraction of sp³-hybridized carbons (Fsp3) is 0.500. The molecule has 0 spiro atoms. The predicted octanol–water partition coefficient (Wildman–Crippen LogP) is 1.87. The Kier molecular flexibility index (Phi) is 5.38. The monoisotopic (exact) mass is 368 g/mol. The number of aryl methyl sites for hydroxylation is 1. The fourth-order valence-corrected chi connectivity index (χ4v) is 2.91. The summed E-state index contributed by atoms with van der Waals surface area (Å²) >= 11 is 0. The molecule has 0 aromatic carbocycles. The molecule has 7 nitrogen and oxygen atoms in total. The average molecular weight is 368 g/mol. The lowest BCUT2D eigenvalue weighted by Gasteiger charge is -2.34. The Morgan fingerprint density at radius 1 is 1.35 bits per heavy atom. The van der Waals surface area contributed by atoms with Gasteiger partial charge in [-0.2, -0.15) is 18.3 Å². The van der Waals surface area contributed by atoms with Crippen molar-refractivity contribution in [3.05, 3.63) is 36.5 Å². The van der Waals surface area contributed by atoms with Crippen LogP contribution in [0.25, 0.3) is 0 Å². The minimum absolute atomic E-state index is 0.0592. The Morgan fingerprint density at radius 2 is 2.19 bits per heavy atom. The third-order valence-corrected chi connectivity index (χ3v) is 4.22. The molecule has 1 N–H and O–H groups in total. The van der Waals surface area contributed by atoms with Gasteiger partial charge in [0.15, 0.2) is 0 Å². The van der Waals surface area contributed by atoms with E-state index < -0.39 is 11.7 Å². The molecule has 1 aliphatic heterocycles. The molecule has 0 bridgehead atoms. The summed E-state index contributed by atoms with van der Waals surface area (Å²) in [4.78, 5) is 21.7. The van der Waals surface area contributed by atoms with Gasteiger partial charge in [0.2, 0.25) is 5.91 Å². The van der Waals surface area contributed by atoms with Gasteiger partial charge in [-0.15, -0.1) is 0 Å². The third kappa shape index (κ3) is 4.70. The van der Waals surface area contributed by atoms with Crippen molar-refractivity contribution in [2.45, 2.75) is 38.0 Å². The van der Waals surface area contributed by atoms with Gasteiger partial charge in [-0.05, 0) is 25.0 Å². The van der Waals surface area contributed by atoms with E-state index in [1.165, 1.54) is 12.4 Å². The minimum atomic E-state index is -4.39. The molecule has 1 unspecified atom stereocenters. The van der Waals surface area contributed by atoms with Gasteiger partial charge in [0, 0.05) is 31.7 Å². The quantitative estimate of drug-likeness (QED) is 0.872. The van der Waals surface area contributed by atoms with Gasteiger partial charge in [-0.3, -0.25) is 9.48 Å². The molecule has 3 heterocycles. The number of carbonyl (C=O) groups excluding carboxylic acids is 1. The maximum atomic E-state index is 12.6. The molecule has 1 amide bonds. The molecule has 0 saturated carbocycles. The maximum absolute atomic E-state index is 12.6. The Labute approximate surface area is 148 Å². The Balaban J connectivity index is 1.52. The number of nitrogens with one attached hydrogen (secondary N) is 1. The number of piperidine rings is 1. The molecule has 3 rings (SSSR count).